The average molecular weight is 378 g/mol. The van der Waals surface area contributed by atoms with E-state index < -0.39 is 16.1 Å². The molecule has 1 aliphatic heterocycles. The Kier molecular flexibility index (Phi) is 6.64. The van der Waals surface area contributed by atoms with Gasteiger partial charge in [-0.3, -0.25) is 4.55 Å². The van der Waals surface area contributed by atoms with Gasteiger partial charge in [0.25, 0.3) is 0 Å². The zero-order valence-electron chi connectivity index (χ0n) is 13.9. The van der Waals surface area contributed by atoms with Gasteiger partial charge in [-0.2, -0.15) is 13.1 Å². The van der Waals surface area contributed by atoms with Crippen LogP contribution in [-0.2, 0) is 26.2 Å². The van der Waals surface area contributed by atoms with Crippen LogP contribution in [0.5, 0.6) is 0 Å². The lowest BCUT2D eigenvalue weighted by molar-refractivity contribution is -0.179. The van der Waals surface area contributed by atoms with Crippen LogP contribution in [0.2, 0.25) is 5.02 Å². The predicted octanol–water partition coefficient (Wildman–Crippen LogP) is 2.97. The summed E-state index contributed by atoms with van der Waals surface area (Å²) in [5.74, 6) is -0.658. The van der Waals surface area contributed by atoms with Crippen molar-refractivity contribution in [3.8, 4) is 0 Å². The molecule has 0 spiro atoms. The molecule has 1 aliphatic rings. The van der Waals surface area contributed by atoms with E-state index in [2.05, 4.69) is 4.72 Å². The van der Waals surface area contributed by atoms with Crippen LogP contribution in [0.1, 0.15) is 38.7 Å². The third-order valence-electron chi connectivity index (χ3n) is 4.32. The average Bonchev–Trinajstić information content (AvgIpc) is 2.87. The molecule has 1 aromatic carbocycles. The molecule has 0 aliphatic carbocycles. The van der Waals surface area contributed by atoms with Crippen LogP contribution in [0.4, 0.5) is 0 Å². The lowest BCUT2D eigenvalue weighted by Crippen LogP contribution is -2.31. The molecular formula is C16H24ClNO5S. The number of nitrogens with one attached hydrogen (secondary N) is 1. The minimum atomic E-state index is -4.21. The van der Waals surface area contributed by atoms with Crippen molar-refractivity contribution in [3.05, 3.63) is 34.9 Å². The minimum absolute atomic E-state index is 0.0788. The molecule has 0 saturated carbocycles. The Morgan fingerprint density at radius 2 is 1.83 bits per heavy atom. The molecule has 6 nitrogen and oxygen atoms in total. The van der Waals surface area contributed by atoms with E-state index in [1.165, 1.54) is 0 Å². The molecule has 1 fully saturated rings. The fraction of sp³-hybridized carbons (Fsp3) is 0.625. The number of benzene rings is 1. The highest BCUT2D eigenvalue weighted by molar-refractivity contribution is 7.83. The number of halogens is 1. The summed E-state index contributed by atoms with van der Waals surface area (Å²) >= 11 is 6.23. The summed E-state index contributed by atoms with van der Waals surface area (Å²) < 4.78 is 44.8. The van der Waals surface area contributed by atoms with E-state index in [-0.39, 0.29) is 18.8 Å². The van der Waals surface area contributed by atoms with Gasteiger partial charge in [-0.25, -0.2) is 0 Å². The van der Waals surface area contributed by atoms with Crippen molar-refractivity contribution in [1.82, 2.24) is 4.72 Å². The Balaban J connectivity index is 2.10. The van der Waals surface area contributed by atoms with Crippen LogP contribution in [0.15, 0.2) is 24.3 Å². The van der Waals surface area contributed by atoms with Crippen molar-refractivity contribution in [2.45, 2.75) is 57.5 Å². The van der Waals surface area contributed by atoms with Gasteiger partial charge < -0.3 is 9.47 Å². The van der Waals surface area contributed by atoms with Crippen molar-refractivity contribution >= 4 is 21.9 Å². The Hall–Kier alpha value is -0.700. The Bertz CT molecular complexity index is 648. The first-order valence-electron chi connectivity index (χ1n) is 8.09. The van der Waals surface area contributed by atoms with Gasteiger partial charge in [-0.1, -0.05) is 43.6 Å². The fourth-order valence-corrected chi connectivity index (χ4v) is 3.53. The summed E-state index contributed by atoms with van der Waals surface area (Å²) in [6.07, 6.45) is 1.87. The molecule has 1 aromatic rings. The molecule has 2 atom stereocenters. The molecule has 0 radical (unpaired) electrons. The Morgan fingerprint density at radius 3 is 2.42 bits per heavy atom. The first kappa shape index (κ1) is 19.6. The van der Waals surface area contributed by atoms with Crippen LogP contribution in [0.3, 0.4) is 0 Å². The SMILES string of the molecule is CCC1(CC)O[C@@H](CCNS(=O)(=O)O)[C@H](Cc2ccccc2Cl)O1. The molecule has 1 saturated heterocycles. The monoisotopic (exact) mass is 377 g/mol. The lowest BCUT2D eigenvalue weighted by Gasteiger charge is -2.25. The minimum Gasteiger partial charge on any atom is -0.344 e. The molecule has 2 rings (SSSR count). The van der Waals surface area contributed by atoms with E-state index in [0.29, 0.717) is 30.7 Å². The van der Waals surface area contributed by atoms with Gasteiger partial charge in [0.15, 0.2) is 5.79 Å². The normalized spacial score (nSPS) is 23.5. The van der Waals surface area contributed by atoms with Gasteiger partial charge in [0.1, 0.15) is 0 Å². The molecule has 0 amide bonds. The Morgan fingerprint density at radius 1 is 1.21 bits per heavy atom. The van der Waals surface area contributed by atoms with Gasteiger partial charge in [0.2, 0.25) is 0 Å². The maximum atomic E-state index is 10.8. The Labute approximate surface area is 148 Å². The van der Waals surface area contributed by atoms with Crippen molar-refractivity contribution in [2.24, 2.45) is 0 Å². The standard InChI is InChI=1S/C16H24ClNO5S/c1-3-16(4-2)22-14(9-10-18-24(19,20)21)15(23-16)11-12-7-5-6-8-13(12)17/h5-8,14-15,18H,3-4,9-11H2,1-2H3,(H,19,20,21)/t14-,15-/m0/s1. The second-order valence-electron chi connectivity index (χ2n) is 5.88. The highest BCUT2D eigenvalue weighted by Crippen LogP contribution is 2.37. The predicted molar refractivity (Wildman–Crippen MR) is 92.4 cm³/mol. The van der Waals surface area contributed by atoms with E-state index in [0.717, 1.165) is 5.56 Å². The molecule has 24 heavy (non-hydrogen) atoms. The van der Waals surface area contributed by atoms with E-state index in [4.69, 9.17) is 25.6 Å². The van der Waals surface area contributed by atoms with Crippen molar-refractivity contribution in [3.63, 3.8) is 0 Å². The largest absolute Gasteiger partial charge is 0.344 e. The zero-order valence-corrected chi connectivity index (χ0v) is 15.4. The maximum Gasteiger partial charge on any atom is 0.333 e. The zero-order chi connectivity index (χ0) is 17.8. The highest BCUT2D eigenvalue weighted by Gasteiger charge is 2.45. The van der Waals surface area contributed by atoms with Gasteiger partial charge in [0.05, 0.1) is 12.2 Å². The lowest BCUT2D eigenvalue weighted by atomic mass is 10.0. The molecule has 8 heteroatoms. The van der Waals surface area contributed by atoms with Crippen LogP contribution in [0.25, 0.3) is 0 Å². The summed E-state index contributed by atoms with van der Waals surface area (Å²) in [7, 11) is -4.21. The smallest absolute Gasteiger partial charge is 0.333 e. The van der Waals surface area contributed by atoms with Gasteiger partial charge in [-0.05, 0) is 30.9 Å². The van der Waals surface area contributed by atoms with Gasteiger partial charge in [-0.15, -0.1) is 0 Å². The molecule has 0 aromatic heterocycles. The van der Waals surface area contributed by atoms with Gasteiger partial charge in [0, 0.05) is 18.0 Å². The van der Waals surface area contributed by atoms with Gasteiger partial charge >= 0.3 is 10.3 Å². The van der Waals surface area contributed by atoms with Crippen molar-refractivity contribution in [2.75, 3.05) is 6.54 Å². The number of hydrogen-bond acceptors (Lipinski definition) is 4. The van der Waals surface area contributed by atoms with Crippen molar-refractivity contribution < 1.29 is 22.4 Å². The number of ether oxygens (including phenoxy) is 2. The van der Waals surface area contributed by atoms with Crippen LogP contribution in [-0.4, -0.2) is 37.5 Å². The number of hydrogen-bond donors (Lipinski definition) is 2. The third kappa shape index (κ3) is 5.15. The van der Waals surface area contributed by atoms with Crippen LogP contribution >= 0.6 is 11.6 Å². The fourth-order valence-electron chi connectivity index (χ4n) is 2.94. The highest BCUT2D eigenvalue weighted by atomic mass is 35.5. The van der Waals surface area contributed by atoms with E-state index in [9.17, 15) is 8.42 Å². The summed E-state index contributed by atoms with van der Waals surface area (Å²) in [6.45, 7) is 4.07. The first-order valence-corrected chi connectivity index (χ1v) is 9.91. The summed E-state index contributed by atoms with van der Waals surface area (Å²) in [5, 5.41) is 0.668. The topological polar surface area (TPSA) is 84.9 Å². The molecule has 1 heterocycles. The van der Waals surface area contributed by atoms with Crippen LogP contribution in [0, 0.1) is 0 Å². The van der Waals surface area contributed by atoms with E-state index >= 15 is 0 Å². The number of rotatable bonds is 8. The molecule has 136 valence electrons. The summed E-state index contributed by atoms with van der Waals surface area (Å²) in [5.41, 5.74) is 0.962. The first-order chi connectivity index (χ1) is 11.3. The summed E-state index contributed by atoms with van der Waals surface area (Å²) in [6, 6.07) is 7.55. The van der Waals surface area contributed by atoms with E-state index in [1.54, 1.807) is 0 Å². The maximum absolute atomic E-state index is 10.8. The molecular weight excluding hydrogens is 354 g/mol. The second-order valence-corrected chi connectivity index (χ2v) is 7.53. The summed E-state index contributed by atoms with van der Waals surface area (Å²) in [4.78, 5) is 0. The quantitative estimate of drug-likeness (QED) is 0.680. The molecule has 2 N–H and O–H groups in total. The molecule has 0 bridgehead atoms. The van der Waals surface area contributed by atoms with Crippen molar-refractivity contribution in [1.29, 1.82) is 0 Å². The third-order valence-corrected chi connectivity index (χ3v) is 5.25. The molecule has 0 unspecified atom stereocenters. The second kappa shape index (κ2) is 8.12. The van der Waals surface area contributed by atoms with Crippen LogP contribution < -0.4 is 4.72 Å². The van der Waals surface area contributed by atoms with E-state index in [1.807, 2.05) is 38.1 Å².